The summed E-state index contributed by atoms with van der Waals surface area (Å²) in [5, 5.41) is 2.91. The minimum atomic E-state index is -0.830. The van der Waals surface area contributed by atoms with Gasteiger partial charge in [0.05, 0.1) is 0 Å². The topological polar surface area (TPSA) is 38.0 Å². The van der Waals surface area contributed by atoms with E-state index in [1.807, 2.05) is 0 Å². The number of piperidine rings is 1. The predicted octanol–water partition coefficient (Wildman–Crippen LogP) is -0.355. The Hall–Kier alpha value is -0.150. The summed E-state index contributed by atoms with van der Waals surface area (Å²) in [7, 11) is 0. The molecule has 1 heterocycles. The molecule has 0 spiro atoms. The molecular weight excluding hydrogens is 107 g/mol. The third-order valence-electron chi connectivity index (χ3n) is 1.46. The molecule has 0 saturated carbocycles. The van der Waals surface area contributed by atoms with Gasteiger partial charge < -0.3 is 11.1 Å². The zero-order valence-electron chi connectivity index (χ0n) is 4.73. The predicted molar refractivity (Wildman–Crippen MR) is 30.4 cm³/mol. The van der Waals surface area contributed by atoms with Gasteiger partial charge in [0.1, 0.15) is 6.17 Å². The van der Waals surface area contributed by atoms with E-state index in [0.29, 0.717) is 6.54 Å². The van der Waals surface area contributed by atoms with E-state index in [1.165, 1.54) is 0 Å². The van der Waals surface area contributed by atoms with Crippen molar-refractivity contribution in [3.63, 3.8) is 0 Å². The summed E-state index contributed by atoms with van der Waals surface area (Å²) in [5.41, 5.74) is 5.36. The van der Waals surface area contributed by atoms with Gasteiger partial charge in [-0.25, -0.2) is 4.39 Å². The SMILES string of the molecule is N[C@@H]1CCNC[C@@H]1F. The van der Waals surface area contributed by atoms with E-state index >= 15 is 0 Å². The normalized spacial score (nSPS) is 39.8. The molecule has 3 heteroatoms. The first-order valence-electron chi connectivity index (χ1n) is 2.91. The van der Waals surface area contributed by atoms with E-state index in [4.69, 9.17) is 5.73 Å². The summed E-state index contributed by atoms with van der Waals surface area (Å²) < 4.78 is 12.4. The van der Waals surface area contributed by atoms with E-state index in [-0.39, 0.29) is 6.04 Å². The average molecular weight is 118 g/mol. The molecule has 0 amide bonds. The zero-order chi connectivity index (χ0) is 5.98. The van der Waals surface area contributed by atoms with Crippen LogP contribution < -0.4 is 11.1 Å². The number of nitrogens with two attached hydrogens (primary N) is 1. The Labute approximate surface area is 48.2 Å². The fourth-order valence-corrected chi connectivity index (χ4v) is 0.841. The van der Waals surface area contributed by atoms with Crippen LogP contribution >= 0.6 is 0 Å². The maximum Gasteiger partial charge on any atom is 0.128 e. The Kier molecular flexibility index (Phi) is 1.81. The van der Waals surface area contributed by atoms with Gasteiger partial charge in [0.15, 0.2) is 0 Å². The molecule has 1 rings (SSSR count). The van der Waals surface area contributed by atoms with Crippen LogP contribution in [0.15, 0.2) is 0 Å². The molecule has 0 unspecified atom stereocenters. The van der Waals surface area contributed by atoms with Gasteiger partial charge in [-0.2, -0.15) is 0 Å². The van der Waals surface area contributed by atoms with Gasteiger partial charge in [-0.15, -0.1) is 0 Å². The van der Waals surface area contributed by atoms with Gasteiger partial charge in [0.2, 0.25) is 0 Å². The van der Waals surface area contributed by atoms with E-state index in [0.717, 1.165) is 13.0 Å². The van der Waals surface area contributed by atoms with Crippen LogP contribution in [0.4, 0.5) is 4.39 Å². The van der Waals surface area contributed by atoms with E-state index in [2.05, 4.69) is 5.32 Å². The lowest BCUT2D eigenvalue weighted by Gasteiger charge is -2.22. The Morgan fingerprint density at radius 1 is 1.62 bits per heavy atom. The quantitative estimate of drug-likeness (QED) is 0.456. The van der Waals surface area contributed by atoms with Gasteiger partial charge in [-0.1, -0.05) is 0 Å². The zero-order valence-corrected chi connectivity index (χ0v) is 4.73. The van der Waals surface area contributed by atoms with Crippen LogP contribution in [-0.2, 0) is 0 Å². The monoisotopic (exact) mass is 118 g/mol. The summed E-state index contributed by atoms with van der Waals surface area (Å²) in [6.45, 7) is 1.29. The summed E-state index contributed by atoms with van der Waals surface area (Å²) in [6, 6.07) is -0.226. The standard InChI is InChI=1S/C5H11FN2/c6-4-3-8-2-1-5(4)7/h4-5,8H,1-3,7H2/t4-,5+/m0/s1. The van der Waals surface area contributed by atoms with E-state index < -0.39 is 6.17 Å². The highest BCUT2D eigenvalue weighted by Crippen LogP contribution is 2.03. The Morgan fingerprint density at radius 3 is 2.75 bits per heavy atom. The third kappa shape index (κ3) is 1.17. The number of halogens is 1. The third-order valence-corrected chi connectivity index (χ3v) is 1.46. The largest absolute Gasteiger partial charge is 0.325 e. The van der Waals surface area contributed by atoms with Gasteiger partial charge in [0.25, 0.3) is 0 Å². The summed E-state index contributed by atoms with van der Waals surface area (Å²) in [6.07, 6.45) is -0.0648. The maximum absolute atomic E-state index is 12.4. The van der Waals surface area contributed by atoms with Crippen molar-refractivity contribution in [2.45, 2.75) is 18.6 Å². The first-order valence-corrected chi connectivity index (χ1v) is 2.91. The molecule has 8 heavy (non-hydrogen) atoms. The minimum Gasteiger partial charge on any atom is -0.325 e. The second-order valence-electron chi connectivity index (χ2n) is 2.17. The van der Waals surface area contributed by atoms with Crippen molar-refractivity contribution in [2.24, 2.45) is 5.73 Å². The Morgan fingerprint density at radius 2 is 2.38 bits per heavy atom. The summed E-state index contributed by atoms with van der Waals surface area (Å²) in [4.78, 5) is 0. The van der Waals surface area contributed by atoms with Crippen LogP contribution in [0, 0.1) is 0 Å². The lowest BCUT2D eigenvalue weighted by Crippen LogP contribution is -2.46. The van der Waals surface area contributed by atoms with Crippen molar-refractivity contribution >= 4 is 0 Å². The smallest absolute Gasteiger partial charge is 0.128 e. The lowest BCUT2D eigenvalue weighted by atomic mass is 10.1. The first kappa shape index (κ1) is 5.98. The molecule has 2 nitrogen and oxygen atoms in total. The molecule has 2 atom stereocenters. The number of nitrogens with one attached hydrogen (secondary N) is 1. The van der Waals surface area contributed by atoms with Crippen molar-refractivity contribution in [3.05, 3.63) is 0 Å². The van der Waals surface area contributed by atoms with E-state index in [9.17, 15) is 4.39 Å². The highest BCUT2D eigenvalue weighted by atomic mass is 19.1. The van der Waals surface area contributed by atoms with Crippen LogP contribution in [0.2, 0.25) is 0 Å². The van der Waals surface area contributed by atoms with Crippen molar-refractivity contribution in [2.75, 3.05) is 13.1 Å². The number of rotatable bonds is 0. The molecule has 3 N–H and O–H groups in total. The molecule has 1 aliphatic rings. The second kappa shape index (κ2) is 2.42. The molecule has 0 aromatic carbocycles. The van der Waals surface area contributed by atoms with Gasteiger partial charge >= 0.3 is 0 Å². The highest BCUT2D eigenvalue weighted by molar-refractivity contribution is 4.79. The highest BCUT2D eigenvalue weighted by Gasteiger charge is 2.19. The molecule has 0 radical (unpaired) electrons. The van der Waals surface area contributed by atoms with Gasteiger partial charge in [0, 0.05) is 12.6 Å². The summed E-state index contributed by atoms with van der Waals surface area (Å²) >= 11 is 0. The van der Waals surface area contributed by atoms with E-state index in [1.54, 1.807) is 0 Å². The van der Waals surface area contributed by atoms with Crippen molar-refractivity contribution < 1.29 is 4.39 Å². The Balaban J connectivity index is 2.28. The summed E-state index contributed by atoms with van der Waals surface area (Å²) in [5.74, 6) is 0. The molecule has 1 aliphatic heterocycles. The first-order chi connectivity index (χ1) is 3.80. The van der Waals surface area contributed by atoms with Crippen molar-refractivity contribution in [1.82, 2.24) is 5.32 Å². The lowest BCUT2D eigenvalue weighted by molar-refractivity contribution is 0.233. The van der Waals surface area contributed by atoms with Crippen molar-refractivity contribution in [1.29, 1.82) is 0 Å². The molecule has 48 valence electrons. The molecular formula is C5H11FN2. The number of hydrogen-bond acceptors (Lipinski definition) is 2. The van der Waals surface area contributed by atoms with Gasteiger partial charge in [-0.05, 0) is 13.0 Å². The van der Waals surface area contributed by atoms with Crippen LogP contribution in [0.5, 0.6) is 0 Å². The molecule has 0 aliphatic carbocycles. The van der Waals surface area contributed by atoms with Crippen molar-refractivity contribution in [3.8, 4) is 0 Å². The number of alkyl halides is 1. The van der Waals surface area contributed by atoms with Crippen LogP contribution in [0.3, 0.4) is 0 Å². The molecule has 0 aromatic rings. The second-order valence-corrected chi connectivity index (χ2v) is 2.17. The van der Waals surface area contributed by atoms with Crippen LogP contribution in [-0.4, -0.2) is 25.3 Å². The molecule has 1 saturated heterocycles. The maximum atomic E-state index is 12.4. The molecule has 1 fully saturated rings. The number of hydrogen-bond donors (Lipinski definition) is 2. The molecule has 0 bridgehead atoms. The van der Waals surface area contributed by atoms with Crippen LogP contribution in [0.25, 0.3) is 0 Å². The Bertz CT molecular complexity index is 66.8. The van der Waals surface area contributed by atoms with Crippen LogP contribution in [0.1, 0.15) is 6.42 Å². The minimum absolute atomic E-state index is 0.226. The molecule has 0 aromatic heterocycles. The fourth-order valence-electron chi connectivity index (χ4n) is 0.841. The fraction of sp³-hybridized carbons (Fsp3) is 1.00. The van der Waals surface area contributed by atoms with Gasteiger partial charge in [-0.3, -0.25) is 0 Å². The average Bonchev–Trinajstić information content (AvgIpc) is 1.77.